The molecule has 0 amide bonds. The molecule has 0 aliphatic carbocycles. The van der Waals surface area contributed by atoms with E-state index >= 15 is 0 Å². The van der Waals surface area contributed by atoms with Crippen molar-refractivity contribution in [3.05, 3.63) is 24.3 Å². The van der Waals surface area contributed by atoms with E-state index in [4.69, 9.17) is 18.5 Å². The molecule has 0 heterocycles. The van der Waals surface area contributed by atoms with Crippen molar-refractivity contribution in [3.63, 3.8) is 0 Å². The molecule has 348 valence electrons. The number of carbonyl (C=O) groups is 2. The quantitative estimate of drug-likeness (QED) is 0.0196. The number of likely N-dealkylation sites (N-methyl/N-ethyl adjacent to an activating group) is 1. The van der Waals surface area contributed by atoms with E-state index in [-0.39, 0.29) is 32.0 Å². The number of phosphoric acid groups is 1. The number of quaternary nitrogens is 1. The van der Waals surface area contributed by atoms with Crippen LogP contribution in [0.3, 0.4) is 0 Å². The lowest BCUT2D eigenvalue weighted by Gasteiger charge is -2.28. The second-order valence-electron chi connectivity index (χ2n) is 17.8. The van der Waals surface area contributed by atoms with Crippen LogP contribution >= 0.6 is 7.82 Å². The normalized spacial score (nSPS) is 13.7. The molecule has 0 saturated carbocycles. The molecule has 0 aromatic rings. The summed E-state index contributed by atoms with van der Waals surface area (Å²) in [6, 6.07) is 0. The Bertz CT molecular complexity index is 1060. The maximum Gasteiger partial charge on any atom is 0.306 e. The Kier molecular flexibility index (Phi) is 40.8. The van der Waals surface area contributed by atoms with Gasteiger partial charge in [0.15, 0.2) is 6.10 Å². The third-order valence-corrected chi connectivity index (χ3v) is 11.7. The summed E-state index contributed by atoms with van der Waals surface area (Å²) in [5, 5.41) is 0. The van der Waals surface area contributed by atoms with Crippen LogP contribution in [0.1, 0.15) is 226 Å². The van der Waals surface area contributed by atoms with Crippen LogP contribution in [-0.4, -0.2) is 70.0 Å². The number of rotatable bonds is 45. The zero-order valence-electron chi connectivity index (χ0n) is 39.2. The lowest BCUT2D eigenvalue weighted by atomic mass is 10.1. The second kappa shape index (κ2) is 41.8. The molecule has 0 radical (unpaired) electrons. The number of unbranched alkanes of at least 4 members (excludes halogenated alkanes) is 27. The predicted octanol–water partition coefficient (Wildman–Crippen LogP) is 13.7. The van der Waals surface area contributed by atoms with Crippen LogP contribution < -0.4 is 4.89 Å². The van der Waals surface area contributed by atoms with E-state index in [0.717, 1.165) is 57.8 Å². The summed E-state index contributed by atoms with van der Waals surface area (Å²) in [6.07, 6.45) is 46.3. The van der Waals surface area contributed by atoms with Crippen LogP contribution in [0.25, 0.3) is 0 Å². The molecule has 0 spiro atoms. The maximum absolute atomic E-state index is 12.7. The predicted molar refractivity (Wildman–Crippen MR) is 245 cm³/mol. The number of allylic oxidation sites excluding steroid dienone is 4. The number of hydrogen-bond acceptors (Lipinski definition) is 8. The molecule has 0 aliphatic rings. The minimum absolute atomic E-state index is 0.0310. The van der Waals surface area contributed by atoms with Gasteiger partial charge in [0, 0.05) is 12.8 Å². The molecule has 0 bridgehead atoms. The van der Waals surface area contributed by atoms with E-state index in [1.54, 1.807) is 0 Å². The maximum atomic E-state index is 12.7. The summed E-state index contributed by atoms with van der Waals surface area (Å²) in [5.74, 6) is -0.838. The molecule has 0 rings (SSSR count). The number of hydrogen-bond donors (Lipinski definition) is 0. The van der Waals surface area contributed by atoms with Gasteiger partial charge in [-0.2, -0.15) is 0 Å². The van der Waals surface area contributed by atoms with Gasteiger partial charge in [-0.25, -0.2) is 0 Å². The molecule has 0 aliphatic heterocycles. The van der Waals surface area contributed by atoms with Crippen LogP contribution in [0.2, 0.25) is 0 Å². The Labute approximate surface area is 364 Å². The molecule has 0 saturated heterocycles. The van der Waals surface area contributed by atoms with E-state index in [1.807, 2.05) is 21.1 Å². The van der Waals surface area contributed by atoms with Gasteiger partial charge in [0.05, 0.1) is 27.7 Å². The third kappa shape index (κ3) is 45.8. The number of nitrogens with zero attached hydrogens (tertiary/aromatic N) is 1. The van der Waals surface area contributed by atoms with Crippen LogP contribution in [0.4, 0.5) is 0 Å². The molecular formula is C49H94NO8P. The summed E-state index contributed by atoms with van der Waals surface area (Å²) in [7, 11) is 1.17. The van der Waals surface area contributed by atoms with Crippen molar-refractivity contribution in [1.82, 2.24) is 0 Å². The van der Waals surface area contributed by atoms with E-state index in [9.17, 15) is 19.0 Å². The molecule has 0 aromatic carbocycles. The number of phosphoric ester groups is 1. The largest absolute Gasteiger partial charge is 0.756 e. The lowest BCUT2D eigenvalue weighted by molar-refractivity contribution is -0.870. The minimum Gasteiger partial charge on any atom is -0.756 e. The molecule has 2 atom stereocenters. The highest BCUT2D eigenvalue weighted by molar-refractivity contribution is 7.45. The zero-order chi connectivity index (χ0) is 43.6. The van der Waals surface area contributed by atoms with Crippen LogP contribution in [0.5, 0.6) is 0 Å². The minimum atomic E-state index is -4.63. The highest BCUT2D eigenvalue weighted by atomic mass is 31.2. The standard InChI is InChI=1S/C49H94NO8P/c1-6-8-10-12-14-16-18-20-22-24-25-26-28-30-32-34-36-38-40-42-49(52)58-47(46-57-59(53,54)56-44-43-50(3,4)5)45-55-48(51)41-39-37-35-33-31-29-27-23-21-19-17-15-13-11-9-7-2/h20,22-23,27,47H,6-19,21,24-26,28-46H2,1-5H3/b22-20-,27-23-. The van der Waals surface area contributed by atoms with Crippen LogP contribution in [0, 0.1) is 0 Å². The Morgan fingerprint density at radius 3 is 1.25 bits per heavy atom. The van der Waals surface area contributed by atoms with Gasteiger partial charge in [-0.1, -0.05) is 173 Å². The van der Waals surface area contributed by atoms with Crippen molar-refractivity contribution in [2.45, 2.75) is 232 Å². The number of ether oxygens (including phenoxy) is 2. The highest BCUT2D eigenvalue weighted by Gasteiger charge is 2.21. The molecular weight excluding hydrogens is 762 g/mol. The molecule has 0 aromatic heterocycles. The van der Waals surface area contributed by atoms with Gasteiger partial charge in [0.2, 0.25) is 0 Å². The van der Waals surface area contributed by atoms with Crippen molar-refractivity contribution < 1.29 is 42.1 Å². The molecule has 0 N–H and O–H groups in total. The SMILES string of the molecule is CCCCCCCC/C=C\CCCCCCCCCCCC(=O)OC(COC(=O)CCCCCCC/C=C\CCCCCCCCC)COP(=O)([O-])OCC[N+](C)(C)C. The van der Waals surface area contributed by atoms with E-state index in [1.165, 1.54) is 135 Å². The van der Waals surface area contributed by atoms with Crippen molar-refractivity contribution in [1.29, 1.82) is 0 Å². The first-order valence-electron chi connectivity index (χ1n) is 24.5. The van der Waals surface area contributed by atoms with Gasteiger partial charge in [0.25, 0.3) is 7.82 Å². The molecule has 2 unspecified atom stereocenters. The van der Waals surface area contributed by atoms with Crippen molar-refractivity contribution in [2.75, 3.05) is 47.5 Å². The fourth-order valence-electron chi connectivity index (χ4n) is 6.82. The number of carbonyl (C=O) groups excluding carboxylic acids is 2. The molecule has 9 nitrogen and oxygen atoms in total. The first kappa shape index (κ1) is 57.5. The third-order valence-electron chi connectivity index (χ3n) is 10.7. The molecule has 10 heteroatoms. The number of esters is 2. The van der Waals surface area contributed by atoms with Crippen molar-refractivity contribution >= 4 is 19.8 Å². The summed E-state index contributed by atoms with van der Waals surface area (Å²) >= 11 is 0. The Morgan fingerprint density at radius 2 is 0.864 bits per heavy atom. The summed E-state index contributed by atoms with van der Waals surface area (Å²) < 4.78 is 34.0. The summed E-state index contributed by atoms with van der Waals surface area (Å²) in [5.41, 5.74) is 0. The topological polar surface area (TPSA) is 111 Å². The van der Waals surface area contributed by atoms with E-state index in [0.29, 0.717) is 17.4 Å². The van der Waals surface area contributed by atoms with Crippen molar-refractivity contribution in [3.8, 4) is 0 Å². The van der Waals surface area contributed by atoms with Crippen LogP contribution in [-0.2, 0) is 32.7 Å². The molecule has 0 fully saturated rings. The Morgan fingerprint density at radius 1 is 0.508 bits per heavy atom. The fraction of sp³-hybridized carbons (Fsp3) is 0.878. The second-order valence-corrected chi connectivity index (χ2v) is 19.2. The Hall–Kier alpha value is -1.51. The van der Waals surface area contributed by atoms with Gasteiger partial charge in [-0.05, 0) is 64.2 Å². The average molecular weight is 856 g/mol. The zero-order valence-corrected chi connectivity index (χ0v) is 40.1. The van der Waals surface area contributed by atoms with Gasteiger partial charge in [-0.15, -0.1) is 0 Å². The summed E-state index contributed by atoms with van der Waals surface area (Å²) in [4.78, 5) is 37.6. The summed E-state index contributed by atoms with van der Waals surface area (Å²) in [6.45, 7) is 4.24. The van der Waals surface area contributed by atoms with E-state index in [2.05, 4.69) is 38.2 Å². The van der Waals surface area contributed by atoms with Crippen LogP contribution in [0.15, 0.2) is 24.3 Å². The van der Waals surface area contributed by atoms with Gasteiger partial charge in [-0.3, -0.25) is 14.2 Å². The monoisotopic (exact) mass is 856 g/mol. The smallest absolute Gasteiger partial charge is 0.306 e. The fourth-order valence-corrected chi connectivity index (χ4v) is 7.55. The van der Waals surface area contributed by atoms with Gasteiger partial charge >= 0.3 is 11.9 Å². The molecule has 59 heavy (non-hydrogen) atoms. The average Bonchev–Trinajstić information content (AvgIpc) is 3.19. The first-order valence-corrected chi connectivity index (χ1v) is 26.0. The highest BCUT2D eigenvalue weighted by Crippen LogP contribution is 2.38. The Balaban J connectivity index is 4.28. The van der Waals surface area contributed by atoms with Gasteiger partial charge < -0.3 is 27.9 Å². The van der Waals surface area contributed by atoms with E-state index < -0.39 is 26.5 Å². The van der Waals surface area contributed by atoms with Crippen molar-refractivity contribution in [2.24, 2.45) is 0 Å². The lowest BCUT2D eigenvalue weighted by Crippen LogP contribution is -2.37. The first-order chi connectivity index (χ1) is 28.5. The van der Waals surface area contributed by atoms with Gasteiger partial charge in [0.1, 0.15) is 19.8 Å².